The molecule has 5 rings (SSSR count). The fourth-order valence-corrected chi connectivity index (χ4v) is 7.31. The van der Waals surface area contributed by atoms with Gasteiger partial charge in [0.05, 0.1) is 12.8 Å². The number of benzene rings is 3. The summed E-state index contributed by atoms with van der Waals surface area (Å²) in [7, 11) is -10.1. The minimum Gasteiger partial charge on any atom is -0.424 e. The molecular weight excluding hydrogens is 690 g/mol. The minimum atomic E-state index is -5.33. The summed E-state index contributed by atoms with van der Waals surface area (Å²) in [5.41, 5.74) is -1.48. The van der Waals surface area contributed by atoms with Crippen molar-refractivity contribution in [3.8, 4) is 11.5 Å². The third-order valence-corrected chi connectivity index (χ3v) is 9.71. The second kappa shape index (κ2) is 15.6. The van der Waals surface area contributed by atoms with Crippen molar-refractivity contribution < 1.29 is 61.0 Å². The zero-order valence-corrected chi connectivity index (χ0v) is 26.9. The molecule has 0 amide bonds. The fraction of sp³-hybridized carbons (Fsp3) is 0.200. The van der Waals surface area contributed by atoms with E-state index in [-0.39, 0.29) is 11.5 Å². The van der Waals surface area contributed by atoms with E-state index in [1.54, 1.807) is 54.6 Å². The third-order valence-electron chi connectivity index (χ3n) is 6.62. The van der Waals surface area contributed by atoms with Crippen LogP contribution in [0, 0.1) is 0 Å². The number of aromatic amines is 1. The lowest BCUT2D eigenvalue weighted by molar-refractivity contribution is -0.0604. The Hall–Kier alpha value is -4.86. The number of hydrogen-bond acceptors (Lipinski definition) is 13. The van der Waals surface area contributed by atoms with E-state index in [0.29, 0.717) is 5.56 Å². The summed E-state index contributed by atoms with van der Waals surface area (Å²) in [6.07, 6.45) is -9.14. The molecule has 6 atom stereocenters. The van der Waals surface area contributed by atoms with Crippen LogP contribution >= 0.6 is 15.4 Å². The molecular formula is C30H28N2O15P2. The predicted octanol–water partition coefficient (Wildman–Crippen LogP) is 4.12. The molecule has 6 unspecified atom stereocenters. The lowest BCUT2D eigenvalue weighted by Crippen LogP contribution is -2.43. The van der Waals surface area contributed by atoms with Gasteiger partial charge in [0.15, 0.2) is 18.4 Å². The number of carbonyl (C=O) groups excluding carboxylic acids is 2. The van der Waals surface area contributed by atoms with Gasteiger partial charge in [-0.2, -0.15) is 0 Å². The van der Waals surface area contributed by atoms with Gasteiger partial charge >= 0.3 is 33.4 Å². The van der Waals surface area contributed by atoms with E-state index >= 15 is 0 Å². The van der Waals surface area contributed by atoms with Gasteiger partial charge in [-0.3, -0.25) is 23.4 Å². The quantitative estimate of drug-likeness (QED) is 0.106. The van der Waals surface area contributed by atoms with Gasteiger partial charge in [0.1, 0.15) is 17.6 Å². The fourth-order valence-electron chi connectivity index (χ4n) is 4.60. The number of H-pyrrole nitrogens is 1. The molecule has 0 radical (unpaired) electrons. The molecule has 1 aromatic heterocycles. The molecule has 0 saturated carbocycles. The van der Waals surface area contributed by atoms with Gasteiger partial charge < -0.3 is 33.5 Å². The third kappa shape index (κ3) is 10.1. The lowest BCUT2D eigenvalue weighted by atomic mass is 10.1. The van der Waals surface area contributed by atoms with Crippen LogP contribution in [0.25, 0.3) is 0 Å². The Morgan fingerprint density at radius 3 is 1.86 bits per heavy atom. The van der Waals surface area contributed by atoms with Gasteiger partial charge in [0, 0.05) is 12.3 Å². The number of phosphoric acid groups is 1. The molecule has 49 heavy (non-hydrogen) atoms. The van der Waals surface area contributed by atoms with Crippen molar-refractivity contribution in [2.75, 3.05) is 6.61 Å². The first kappa shape index (κ1) is 35.4. The highest BCUT2D eigenvalue weighted by molar-refractivity contribution is 7.63. The topological polar surface area (TPSA) is 228 Å². The van der Waals surface area contributed by atoms with Crippen LogP contribution in [0.1, 0.15) is 11.8 Å². The molecule has 0 spiro atoms. The van der Waals surface area contributed by atoms with Crippen molar-refractivity contribution in [3.63, 3.8) is 0 Å². The second-order valence-electron chi connectivity index (χ2n) is 10.2. The van der Waals surface area contributed by atoms with Crippen molar-refractivity contribution in [1.82, 2.24) is 9.55 Å². The molecule has 1 aliphatic rings. The Kier molecular flexibility index (Phi) is 11.3. The standard InChI is InChI=1S/C30H28N2O15P2/c33-24-16-17-32(28(34)31-24)27-26(46-30(36)43-22-14-8-3-9-15-22)25(45-29(35)42-21-12-6-2-7-13-21)23(44-27)18-41-49(39,40)47-48(37,38)19-20-10-4-1-5-11-20/h1-17,23,25-27H,18-19H2,(H,37,38)(H,39,40)(H,31,33,34). The first-order valence-corrected chi connectivity index (χ1v) is 17.5. The van der Waals surface area contributed by atoms with E-state index in [1.165, 1.54) is 36.4 Å². The Morgan fingerprint density at radius 2 is 1.31 bits per heavy atom. The lowest BCUT2D eigenvalue weighted by Gasteiger charge is -2.24. The Bertz CT molecular complexity index is 1960. The molecule has 0 aliphatic carbocycles. The zero-order chi connectivity index (χ0) is 35.0. The number of carbonyl (C=O) groups is 2. The Morgan fingerprint density at radius 1 is 0.776 bits per heavy atom. The molecule has 258 valence electrons. The van der Waals surface area contributed by atoms with Crippen LogP contribution in [-0.2, 0) is 38.3 Å². The zero-order valence-electron chi connectivity index (χ0n) is 25.1. The highest BCUT2D eigenvalue weighted by atomic mass is 31.3. The van der Waals surface area contributed by atoms with E-state index in [2.05, 4.69) is 4.31 Å². The molecule has 1 aliphatic heterocycles. The SMILES string of the molecule is O=C(Oc1ccccc1)OC1C(COP(=O)(O)OP(=O)(O)Cc2ccccc2)OC(n2ccc(=O)[nH]c2=O)C1OC(=O)Oc1ccccc1. The number of ether oxygens (including phenoxy) is 5. The Balaban J connectivity index is 1.42. The van der Waals surface area contributed by atoms with Gasteiger partial charge in [0.25, 0.3) is 5.56 Å². The van der Waals surface area contributed by atoms with Crippen molar-refractivity contribution in [1.29, 1.82) is 0 Å². The van der Waals surface area contributed by atoms with Crippen molar-refractivity contribution in [2.45, 2.75) is 30.7 Å². The van der Waals surface area contributed by atoms with Crippen LogP contribution in [0.4, 0.5) is 9.59 Å². The number of para-hydroxylation sites is 2. The molecule has 3 aromatic carbocycles. The average Bonchev–Trinajstić information content (AvgIpc) is 3.36. The molecule has 19 heteroatoms. The van der Waals surface area contributed by atoms with Crippen molar-refractivity contribution in [2.24, 2.45) is 0 Å². The Labute approximate surface area is 276 Å². The number of hydrogen-bond donors (Lipinski definition) is 3. The molecule has 0 bridgehead atoms. The van der Waals surface area contributed by atoms with Crippen molar-refractivity contribution >= 4 is 27.7 Å². The summed E-state index contributed by atoms with van der Waals surface area (Å²) >= 11 is 0. The summed E-state index contributed by atoms with van der Waals surface area (Å²) in [4.78, 5) is 73.1. The predicted molar refractivity (Wildman–Crippen MR) is 167 cm³/mol. The highest BCUT2D eigenvalue weighted by Crippen LogP contribution is 2.61. The van der Waals surface area contributed by atoms with Gasteiger partial charge in [-0.25, -0.2) is 23.3 Å². The first-order valence-electron chi connectivity index (χ1n) is 14.3. The van der Waals surface area contributed by atoms with Gasteiger partial charge in [-0.15, -0.1) is 0 Å². The van der Waals surface area contributed by atoms with E-state index in [9.17, 15) is 38.1 Å². The number of phosphoric ester groups is 1. The smallest absolute Gasteiger partial charge is 0.424 e. The van der Waals surface area contributed by atoms with E-state index < -0.39 is 76.3 Å². The summed E-state index contributed by atoms with van der Waals surface area (Å²) in [5, 5.41) is 0. The monoisotopic (exact) mass is 718 g/mol. The molecule has 17 nitrogen and oxygen atoms in total. The number of aromatic nitrogens is 2. The van der Waals surface area contributed by atoms with Crippen LogP contribution in [0.15, 0.2) is 113 Å². The van der Waals surface area contributed by atoms with E-state index in [1.807, 2.05) is 4.98 Å². The van der Waals surface area contributed by atoms with Gasteiger partial charge in [-0.05, 0) is 29.8 Å². The first-order chi connectivity index (χ1) is 23.4. The number of nitrogens with one attached hydrogen (secondary N) is 1. The molecule has 4 aromatic rings. The maximum Gasteiger partial charge on any atom is 0.514 e. The summed E-state index contributed by atoms with van der Waals surface area (Å²) in [5.74, 6) is 0.117. The van der Waals surface area contributed by atoms with E-state index in [4.69, 9.17) is 28.2 Å². The summed E-state index contributed by atoms with van der Waals surface area (Å²) in [6.45, 7) is -0.995. The van der Waals surface area contributed by atoms with Crippen LogP contribution in [-0.4, -0.2) is 56.6 Å². The molecule has 1 saturated heterocycles. The average molecular weight is 719 g/mol. The number of nitrogens with zero attached hydrogens (tertiary/aromatic N) is 1. The van der Waals surface area contributed by atoms with Crippen LogP contribution in [0.5, 0.6) is 11.5 Å². The van der Waals surface area contributed by atoms with Crippen LogP contribution in [0.3, 0.4) is 0 Å². The summed E-state index contributed by atoms with van der Waals surface area (Å²) in [6, 6.07) is 24.1. The number of rotatable bonds is 12. The van der Waals surface area contributed by atoms with Crippen LogP contribution < -0.4 is 20.7 Å². The summed E-state index contributed by atoms with van der Waals surface area (Å²) < 4.78 is 63.0. The maximum atomic E-state index is 12.9. The van der Waals surface area contributed by atoms with Crippen LogP contribution in [0.2, 0.25) is 0 Å². The van der Waals surface area contributed by atoms with Gasteiger partial charge in [0.2, 0.25) is 0 Å². The second-order valence-corrected chi connectivity index (χ2v) is 13.6. The van der Waals surface area contributed by atoms with E-state index in [0.717, 1.165) is 16.8 Å². The maximum absolute atomic E-state index is 12.9. The molecule has 3 N–H and O–H groups in total. The normalized spacial score (nSPS) is 21.1. The molecule has 2 heterocycles. The molecule has 1 fully saturated rings. The van der Waals surface area contributed by atoms with Gasteiger partial charge in [-0.1, -0.05) is 66.7 Å². The minimum absolute atomic E-state index is 0.0546. The van der Waals surface area contributed by atoms with Crippen molar-refractivity contribution in [3.05, 3.63) is 130 Å². The highest BCUT2D eigenvalue weighted by Gasteiger charge is 2.52. The largest absolute Gasteiger partial charge is 0.514 e.